The van der Waals surface area contributed by atoms with Crippen molar-refractivity contribution < 1.29 is 14.0 Å². The molecule has 176 valence electrons. The van der Waals surface area contributed by atoms with Crippen molar-refractivity contribution in [2.75, 3.05) is 0 Å². The largest absolute Gasteiger partial charge is 0.448 e. The number of carbonyl (C=O) groups is 2. The summed E-state index contributed by atoms with van der Waals surface area (Å²) in [7, 11) is 0. The fraction of sp³-hybridized carbons (Fsp3) is 0.360. The zero-order valence-corrected chi connectivity index (χ0v) is 20.1. The van der Waals surface area contributed by atoms with Crippen LogP contribution in [0.25, 0.3) is 22.1 Å². The second kappa shape index (κ2) is 8.39. The summed E-state index contributed by atoms with van der Waals surface area (Å²) in [5, 5.41) is 0.742. The summed E-state index contributed by atoms with van der Waals surface area (Å²) in [6.07, 6.45) is 4.37. The van der Waals surface area contributed by atoms with Gasteiger partial charge in [0.2, 0.25) is 5.58 Å². The van der Waals surface area contributed by atoms with E-state index in [0.717, 1.165) is 29.2 Å². The quantitative estimate of drug-likeness (QED) is 0.436. The van der Waals surface area contributed by atoms with Gasteiger partial charge in [-0.25, -0.2) is 4.98 Å². The Kier molecular flexibility index (Phi) is 5.51. The van der Waals surface area contributed by atoms with Gasteiger partial charge in [-0.1, -0.05) is 32.9 Å². The molecule has 1 atom stereocenters. The first-order valence-corrected chi connectivity index (χ1v) is 12.1. The van der Waals surface area contributed by atoms with E-state index in [9.17, 15) is 14.4 Å². The topological polar surface area (TPSA) is 106 Å². The van der Waals surface area contributed by atoms with Crippen LogP contribution in [0.2, 0.25) is 0 Å². The number of hydrazine groups is 1. The second-order valence-electron chi connectivity index (χ2n) is 9.82. The maximum Gasteiger partial charge on any atom is 0.297 e. The Hall–Kier alpha value is -3.46. The molecule has 0 bridgehead atoms. The Morgan fingerprint density at radius 1 is 1.24 bits per heavy atom. The molecule has 0 spiro atoms. The number of nitrogens with zero attached hydrogens (tertiary/aromatic N) is 2. The van der Waals surface area contributed by atoms with Crippen LogP contribution in [0.4, 0.5) is 0 Å². The number of hydrogen-bond donors (Lipinski definition) is 2. The van der Waals surface area contributed by atoms with Gasteiger partial charge in [-0.15, -0.1) is 11.3 Å². The number of furan rings is 1. The number of thiophene rings is 1. The Morgan fingerprint density at radius 2 is 2.03 bits per heavy atom. The molecule has 1 unspecified atom stereocenters. The van der Waals surface area contributed by atoms with Crippen molar-refractivity contribution in [3.8, 4) is 0 Å². The van der Waals surface area contributed by atoms with Gasteiger partial charge in [-0.05, 0) is 54.4 Å². The van der Waals surface area contributed by atoms with Gasteiger partial charge in [-0.3, -0.25) is 29.8 Å². The fourth-order valence-electron chi connectivity index (χ4n) is 4.49. The number of amides is 2. The number of para-hydroxylation sites is 1. The maximum absolute atomic E-state index is 12.8. The van der Waals surface area contributed by atoms with Crippen LogP contribution in [-0.4, -0.2) is 21.4 Å². The highest BCUT2D eigenvalue weighted by atomic mass is 32.1. The highest BCUT2D eigenvalue weighted by molar-refractivity contribution is 7.14. The molecule has 1 aliphatic carbocycles. The van der Waals surface area contributed by atoms with E-state index in [-0.39, 0.29) is 23.4 Å². The van der Waals surface area contributed by atoms with Crippen molar-refractivity contribution in [3.63, 3.8) is 0 Å². The van der Waals surface area contributed by atoms with Gasteiger partial charge in [0.05, 0.1) is 11.2 Å². The van der Waals surface area contributed by atoms with Crippen molar-refractivity contribution in [1.29, 1.82) is 0 Å². The first-order chi connectivity index (χ1) is 16.2. The van der Waals surface area contributed by atoms with Gasteiger partial charge >= 0.3 is 0 Å². The molecular weight excluding hydrogens is 452 g/mol. The molecule has 4 aromatic rings. The Labute approximate surface area is 199 Å². The number of nitrogens with one attached hydrogen (secondary N) is 2. The number of aryl methyl sites for hydroxylation is 1. The lowest BCUT2D eigenvalue weighted by molar-refractivity contribution is -0.122. The Balaban J connectivity index is 1.24. The van der Waals surface area contributed by atoms with Crippen LogP contribution in [0, 0.1) is 11.3 Å². The van der Waals surface area contributed by atoms with E-state index in [0.29, 0.717) is 21.9 Å². The van der Waals surface area contributed by atoms with Crippen molar-refractivity contribution >= 4 is 45.2 Å². The van der Waals surface area contributed by atoms with Crippen LogP contribution in [-0.2, 0) is 24.2 Å². The zero-order valence-electron chi connectivity index (χ0n) is 19.3. The number of aromatic nitrogens is 2. The molecule has 0 saturated heterocycles. The number of rotatable bonds is 3. The second-order valence-corrected chi connectivity index (χ2v) is 11.0. The number of benzene rings is 1. The van der Waals surface area contributed by atoms with Crippen LogP contribution in [0.3, 0.4) is 0 Å². The number of carbonyl (C=O) groups excluding carboxylic acids is 2. The molecule has 0 aliphatic heterocycles. The van der Waals surface area contributed by atoms with Gasteiger partial charge in [0.1, 0.15) is 17.6 Å². The average molecular weight is 479 g/mol. The van der Waals surface area contributed by atoms with E-state index >= 15 is 0 Å². The molecule has 1 aromatic carbocycles. The predicted octanol–water partition coefficient (Wildman–Crippen LogP) is 3.82. The van der Waals surface area contributed by atoms with Crippen molar-refractivity contribution in [2.45, 2.75) is 46.6 Å². The molecule has 2 N–H and O–H groups in total. The third-order valence-electron chi connectivity index (χ3n) is 6.51. The summed E-state index contributed by atoms with van der Waals surface area (Å²) in [6.45, 7) is 6.47. The number of fused-ring (bicyclic) bond motifs is 4. The molecule has 0 saturated carbocycles. The standard InChI is InChI=1S/C25H26N4O4S/c1-25(2,3)15-8-9-18-14(10-15)11-19(34-18)23(31)28-27-20(30)12-29-13-26-21-16-6-4-5-7-17(16)33-22(21)24(29)32/h4-7,11,13,15H,8-10,12H2,1-3H3,(H,27,30)(H,28,31). The minimum atomic E-state index is -0.540. The highest BCUT2D eigenvalue weighted by Gasteiger charge is 2.30. The summed E-state index contributed by atoms with van der Waals surface area (Å²) in [5.41, 5.74) is 6.97. The van der Waals surface area contributed by atoms with E-state index in [1.807, 2.05) is 24.3 Å². The maximum atomic E-state index is 12.8. The first kappa shape index (κ1) is 22.3. The monoisotopic (exact) mass is 478 g/mol. The van der Waals surface area contributed by atoms with E-state index in [1.165, 1.54) is 28.1 Å². The summed E-state index contributed by atoms with van der Waals surface area (Å²) in [4.78, 5) is 43.9. The predicted molar refractivity (Wildman–Crippen MR) is 131 cm³/mol. The van der Waals surface area contributed by atoms with Crippen molar-refractivity contribution in [3.05, 3.63) is 62.3 Å². The molecule has 5 rings (SSSR count). The minimum absolute atomic E-state index is 0.0956. The molecule has 34 heavy (non-hydrogen) atoms. The Bertz CT molecular complexity index is 1470. The van der Waals surface area contributed by atoms with Crippen LogP contribution >= 0.6 is 11.3 Å². The van der Waals surface area contributed by atoms with Crippen LogP contribution in [0.15, 0.2) is 45.9 Å². The van der Waals surface area contributed by atoms with E-state index in [1.54, 1.807) is 6.07 Å². The molecule has 3 heterocycles. The normalized spacial score (nSPS) is 15.9. The highest BCUT2D eigenvalue weighted by Crippen LogP contribution is 2.40. The summed E-state index contributed by atoms with van der Waals surface area (Å²) < 4.78 is 6.79. The van der Waals surface area contributed by atoms with Crippen LogP contribution in [0.1, 0.15) is 47.3 Å². The fourth-order valence-corrected chi connectivity index (χ4v) is 5.59. The summed E-state index contributed by atoms with van der Waals surface area (Å²) in [5.74, 6) is -0.318. The summed E-state index contributed by atoms with van der Waals surface area (Å²) >= 11 is 1.48. The number of hydrogen-bond acceptors (Lipinski definition) is 6. The lowest BCUT2D eigenvalue weighted by atomic mass is 9.72. The molecule has 8 nitrogen and oxygen atoms in total. The van der Waals surface area contributed by atoms with Gasteiger partial charge in [0.15, 0.2) is 0 Å². The lowest BCUT2D eigenvalue weighted by Gasteiger charge is -2.33. The SMILES string of the molecule is CC(C)(C)C1CCc2sc(C(=O)NNC(=O)Cn3cnc4c(oc5ccccc54)c3=O)cc2C1. The van der Waals surface area contributed by atoms with E-state index < -0.39 is 11.5 Å². The molecule has 3 aromatic heterocycles. The van der Waals surface area contributed by atoms with Crippen molar-refractivity contribution in [1.82, 2.24) is 20.4 Å². The van der Waals surface area contributed by atoms with Crippen LogP contribution in [0.5, 0.6) is 0 Å². The van der Waals surface area contributed by atoms with Gasteiger partial charge in [-0.2, -0.15) is 0 Å². The minimum Gasteiger partial charge on any atom is -0.448 e. The molecule has 9 heteroatoms. The molecule has 2 amide bonds. The smallest absolute Gasteiger partial charge is 0.297 e. The molecular formula is C25H26N4O4S. The van der Waals surface area contributed by atoms with Crippen molar-refractivity contribution in [2.24, 2.45) is 11.3 Å². The molecule has 1 aliphatic rings. The summed E-state index contributed by atoms with van der Waals surface area (Å²) in [6, 6.07) is 9.17. The van der Waals surface area contributed by atoms with Gasteiger partial charge in [0.25, 0.3) is 17.4 Å². The molecule has 0 fully saturated rings. The van der Waals surface area contributed by atoms with E-state index in [2.05, 4.69) is 36.6 Å². The van der Waals surface area contributed by atoms with E-state index in [4.69, 9.17) is 4.42 Å². The zero-order chi connectivity index (χ0) is 24.0. The molecule has 0 radical (unpaired) electrons. The third-order valence-corrected chi connectivity index (χ3v) is 7.75. The third kappa shape index (κ3) is 4.11. The van der Waals surface area contributed by atoms with Gasteiger partial charge < -0.3 is 4.42 Å². The lowest BCUT2D eigenvalue weighted by Crippen LogP contribution is -2.44. The average Bonchev–Trinajstić information content (AvgIpc) is 3.40. The van der Waals surface area contributed by atoms with Crippen LogP contribution < -0.4 is 16.4 Å². The Morgan fingerprint density at radius 3 is 2.82 bits per heavy atom. The van der Waals surface area contributed by atoms with Gasteiger partial charge in [0, 0.05) is 10.3 Å². The first-order valence-electron chi connectivity index (χ1n) is 11.3.